The Hall–Kier alpha value is -9.26. The SMILES string of the molecule is CC(C)(C)OC(=O)N=NC(=O)OC(C)(C)C.CC(C)CN(C[C@@H](O)[C@H](Cc1ccc(O)cc1)NC(=O)O[C@H]1CO[C@H]2OCC[C@H]21)S(=O)(=O)c1ccc2c(c1)OCO2.CC(C)CN(C[C@@H](O)[C@H](Cc1ccc(OCCc2ccccc2)cc1)NC(=O)O[C@H]1CO[C@H]2OCC[C@H]21)S(=O)(=O)c1ccc2c(c1)OCO2.OCCc1ccccc1. The Morgan fingerprint density at radius 2 is 0.913 bits per heavy atom. The Morgan fingerprint density at radius 1 is 0.513 bits per heavy atom. The van der Waals surface area contributed by atoms with Crippen molar-refractivity contribution >= 4 is 44.4 Å². The molecule has 0 spiro atoms. The number of alkyl carbamates (subject to hydrolysis) is 2. The largest absolute Gasteiger partial charge is 0.508 e. The summed E-state index contributed by atoms with van der Waals surface area (Å²) in [6.45, 7) is 19.7. The van der Waals surface area contributed by atoms with Gasteiger partial charge in [-0.1, -0.05) is 123 Å². The van der Waals surface area contributed by atoms with Crippen molar-refractivity contribution < 1.29 is 118 Å². The summed E-state index contributed by atoms with van der Waals surface area (Å²) < 4.78 is 128. The third-order valence-electron chi connectivity index (χ3n) is 18.4. The van der Waals surface area contributed by atoms with Crippen LogP contribution in [-0.2, 0) is 83.6 Å². The highest BCUT2D eigenvalue weighted by atomic mass is 32.2. The summed E-state index contributed by atoms with van der Waals surface area (Å²) in [6.07, 6.45) is -4.33. The number of carbonyl (C=O) groups is 4. The number of hydrogen-bond donors (Lipinski definition) is 6. The number of aliphatic hydroxyl groups excluding tert-OH is 3. The molecule has 0 aliphatic carbocycles. The molecule has 33 heteroatoms. The maximum atomic E-state index is 13.9. The lowest BCUT2D eigenvalue weighted by molar-refractivity contribution is -0.0909. The molecule has 0 unspecified atom stereocenters. The number of azo groups is 1. The molecular formula is C82H108N6O25S2. The van der Waals surface area contributed by atoms with Crippen molar-refractivity contribution in [2.45, 2.75) is 178 Å². The third-order valence-corrected chi connectivity index (χ3v) is 22.1. The predicted molar refractivity (Wildman–Crippen MR) is 418 cm³/mol. The van der Waals surface area contributed by atoms with Crippen LogP contribution in [0.3, 0.4) is 0 Å². The average Bonchev–Trinajstić information content (AvgIpc) is 1.56. The van der Waals surface area contributed by atoms with Crippen LogP contribution in [0.2, 0.25) is 0 Å². The average molecular weight is 1640 g/mol. The van der Waals surface area contributed by atoms with Gasteiger partial charge >= 0.3 is 24.4 Å². The van der Waals surface area contributed by atoms with Gasteiger partial charge in [-0.3, -0.25) is 0 Å². The Bertz CT molecular complexity index is 4330. The zero-order valence-corrected chi connectivity index (χ0v) is 68.1. The van der Waals surface area contributed by atoms with Crippen LogP contribution in [0, 0.1) is 23.7 Å². The number of nitrogens with zero attached hydrogens (tertiary/aromatic N) is 4. The van der Waals surface area contributed by atoms with E-state index in [4.69, 9.17) is 66.7 Å². The summed E-state index contributed by atoms with van der Waals surface area (Å²) in [7, 11) is -8.12. The van der Waals surface area contributed by atoms with E-state index >= 15 is 0 Å². The van der Waals surface area contributed by atoms with Gasteiger partial charge in [0.25, 0.3) is 0 Å². The number of hydrogen-bond acceptors (Lipinski definition) is 25. The number of nitrogens with one attached hydrogen (secondary N) is 2. The molecule has 10 atom stereocenters. The summed E-state index contributed by atoms with van der Waals surface area (Å²) in [4.78, 5) is 48.4. The molecule has 6 aliphatic rings. The van der Waals surface area contributed by atoms with Gasteiger partial charge in [0.2, 0.25) is 33.6 Å². The summed E-state index contributed by atoms with van der Waals surface area (Å²) in [5.74, 6) is 2.14. The number of sulfonamides is 2. The Labute approximate surface area is 671 Å². The van der Waals surface area contributed by atoms with E-state index in [1.807, 2.05) is 100 Å². The van der Waals surface area contributed by atoms with E-state index in [-0.39, 0.29) is 112 Å². The number of benzene rings is 6. The first kappa shape index (κ1) is 89.7. The van der Waals surface area contributed by atoms with E-state index in [0.29, 0.717) is 55.0 Å². The number of rotatable bonds is 28. The molecule has 6 aromatic carbocycles. The summed E-state index contributed by atoms with van der Waals surface area (Å²) >= 11 is 0. The third kappa shape index (κ3) is 28.0. The number of phenolic OH excluding ortho intramolecular Hbond substituents is 1. The van der Waals surface area contributed by atoms with Crippen LogP contribution in [0.4, 0.5) is 19.2 Å². The van der Waals surface area contributed by atoms with Gasteiger partial charge < -0.3 is 92.6 Å². The highest BCUT2D eigenvalue weighted by Crippen LogP contribution is 2.38. The molecule has 31 nitrogen and oxygen atoms in total. The van der Waals surface area contributed by atoms with E-state index in [9.17, 15) is 51.3 Å². The zero-order valence-electron chi connectivity index (χ0n) is 66.5. The van der Waals surface area contributed by atoms with Crippen molar-refractivity contribution in [2.24, 2.45) is 33.9 Å². The van der Waals surface area contributed by atoms with Crippen molar-refractivity contribution in [3.63, 3.8) is 0 Å². The second-order valence-corrected chi connectivity index (χ2v) is 34.8. The Balaban J connectivity index is 0.000000205. The monoisotopic (exact) mass is 1640 g/mol. The Morgan fingerprint density at radius 3 is 1.31 bits per heavy atom. The quantitative estimate of drug-likeness (QED) is 0.0196. The van der Waals surface area contributed by atoms with Crippen molar-refractivity contribution in [1.82, 2.24) is 19.2 Å². The van der Waals surface area contributed by atoms with Gasteiger partial charge in [0.05, 0.1) is 79.0 Å². The fraction of sp³-hybridized carbons (Fsp3) is 0.512. The minimum Gasteiger partial charge on any atom is -0.508 e. The smallest absolute Gasteiger partial charge is 0.453 e. The number of aliphatic hydroxyl groups is 3. The number of fused-ring (bicyclic) bond motifs is 4. The molecule has 6 aromatic rings. The van der Waals surface area contributed by atoms with E-state index in [1.54, 1.807) is 59.7 Å². The topological polar surface area (TPSA) is 393 Å². The number of amides is 4. The summed E-state index contributed by atoms with van der Waals surface area (Å²) in [5, 5.41) is 53.0. The lowest BCUT2D eigenvalue weighted by Crippen LogP contribution is -2.51. The van der Waals surface area contributed by atoms with Crippen LogP contribution in [0.1, 0.15) is 104 Å². The molecule has 4 amide bonds. The fourth-order valence-electron chi connectivity index (χ4n) is 12.9. The summed E-state index contributed by atoms with van der Waals surface area (Å²) in [6, 6.07) is 40.8. The van der Waals surface area contributed by atoms with E-state index < -0.39 is 105 Å². The Kier molecular flexibility index (Phi) is 32.8. The normalized spacial score (nSPS) is 19.7. The maximum absolute atomic E-state index is 13.9. The second-order valence-electron chi connectivity index (χ2n) is 31.0. The first-order valence-electron chi connectivity index (χ1n) is 38.3. The fourth-order valence-corrected chi connectivity index (χ4v) is 16.2. The highest BCUT2D eigenvalue weighted by Gasteiger charge is 2.46. The van der Waals surface area contributed by atoms with Gasteiger partial charge in [0.1, 0.15) is 34.9 Å². The van der Waals surface area contributed by atoms with Crippen LogP contribution in [-0.4, -0.2) is 210 Å². The van der Waals surface area contributed by atoms with Crippen molar-refractivity contribution in [3.05, 3.63) is 168 Å². The molecule has 0 bridgehead atoms. The summed E-state index contributed by atoms with van der Waals surface area (Å²) in [5.41, 5.74) is 2.58. The van der Waals surface area contributed by atoms with Gasteiger partial charge in [-0.05, 0) is 156 Å². The standard InChI is InChI=1S/C36H44N2O10S.C28H36N2O10S.C10H18N2O4.C8H10O/c1-24(2)20-38(49(41,42)28-12-13-32-33(19-28)47-23-46-32)21-31(39)30(37-36(40)48-34-22-45-35-29(34)15-17-44-35)18-26-8-10-27(11-9-26)43-16-14-25-6-4-3-5-7-25;1-17(2)13-30(41(34,35)20-7-8-24-25(12-20)39-16-38-24)14-23(32)22(11-18-3-5-19(31)6-4-18)29-28(33)40-26-15-37-27-21(26)9-10-36-27;1-9(2,3)15-7(13)11-12-8(14)16-10(4,5)6;9-7-6-8-4-2-1-3-5-8/h3-13,19,24,29-31,34-35,39H,14-18,20-23H2,1-2H3,(H,37,40);3-8,12,17,21-23,26-27,31-32H,9-11,13-16H2,1-2H3,(H,29,33);1-6H3;1-5,9H,6-7H2/t29-,30-,31+,34-,35+;21-,22-,23+,26-,27+;;/m00../s1. The molecule has 4 fully saturated rings. The van der Waals surface area contributed by atoms with E-state index in [0.717, 1.165) is 30.4 Å². The van der Waals surface area contributed by atoms with Gasteiger partial charge in [-0.25, -0.2) is 36.0 Å². The molecular weight excluding hydrogens is 1530 g/mol. The molecule has 6 aliphatic heterocycles. The molecule has 0 aromatic heterocycles. The van der Waals surface area contributed by atoms with Crippen LogP contribution in [0.25, 0.3) is 0 Å². The van der Waals surface area contributed by atoms with E-state index in [1.165, 1.54) is 62.2 Å². The van der Waals surface area contributed by atoms with Crippen LogP contribution >= 0.6 is 0 Å². The molecule has 115 heavy (non-hydrogen) atoms. The first-order chi connectivity index (χ1) is 54.7. The minimum atomic E-state index is -4.06. The molecule has 0 radical (unpaired) electrons. The zero-order chi connectivity index (χ0) is 83.0. The number of carbonyl (C=O) groups excluding carboxylic acids is 4. The van der Waals surface area contributed by atoms with Crippen LogP contribution < -0.4 is 34.3 Å². The number of aromatic hydroxyl groups is 1. The van der Waals surface area contributed by atoms with Crippen LogP contribution in [0.5, 0.6) is 34.5 Å². The van der Waals surface area contributed by atoms with Crippen molar-refractivity contribution in [3.8, 4) is 34.5 Å². The predicted octanol–water partition coefficient (Wildman–Crippen LogP) is 10.9. The van der Waals surface area contributed by atoms with Crippen molar-refractivity contribution in [2.75, 3.05) is 79.4 Å². The molecule has 6 N–H and O–H groups in total. The van der Waals surface area contributed by atoms with Gasteiger partial charge in [0.15, 0.2) is 35.6 Å². The van der Waals surface area contributed by atoms with Gasteiger partial charge in [-0.2, -0.15) is 8.61 Å². The molecule has 12 rings (SSSR count). The molecule has 628 valence electrons. The molecule has 4 saturated heterocycles. The lowest BCUT2D eigenvalue weighted by atomic mass is 10.0. The van der Waals surface area contributed by atoms with Gasteiger partial charge in [-0.15, -0.1) is 0 Å². The first-order valence-corrected chi connectivity index (χ1v) is 41.2. The van der Waals surface area contributed by atoms with Gasteiger partial charge in [0, 0.05) is 51.3 Å². The minimum absolute atomic E-state index is 0.00613. The number of phenols is 1. The lowest BCUT2D eigenvalue weighted by Gasteiger charge is -2.31. The van der Waals surface area contributed by atoms with E-state index in [2.05, 4.69) is 33.0 Å². The second kappa shape index (κ2) is 42.0. The maximum Gasteiger partial charge on any atom is 0.453 e. The molecule has 6 heterocycles. The molecule has 0 saturated carbocycles. The van der Waals surface area contributed by atoms with Crippen molar-refractivity contribution in [1.29, 1.82) is 0 Å². The highest BCUT2D eigenvalue weighted by molar-refractivity contribution is 7.89. The van der Waals surface area contributed by atoms with Crippen LogP contribution in [0.15, 0.2) is 166 Å². The number of ether oxygens (including phenoxy) is 13.